The monoisotopic (exact) mass is 278 g/mol. The van der Waals surface area contributed by atoms with Crippen LogP contribution < -0.4 is 5.73 Å². The van der Waals surface area contributed by atoms with Crippen molar-refractivity contribution in [3.63, 3.8) is 0 Å². The van der Waals surface area contributed by atoms with E-state index in [1.54, 1.807) is 6.20 Å². The number of carbonyl (C=O) groups excluding carboxylic acids is 1. The van der Waals surface area contributed by atoms with Gasteiger partial charge in [-0.3, -0.25) is 4.68 Å². The van der Waals surface area contributed by atoms with Gasteiger partial charge in [0, 0.05) is 24.7 Å². The van der Waals surface area contributed by atoms with E-state index < -0.39 is 5.60 Å². The summed E-state index contributed by atoms with van der Waals surface area (Å²) in [7, 11) is 0. The maximum Gasteiger partial charge on any atom is 0.410 e. The number of likely N-dealkylation sites (tertiary alicyclic amines) is 1. The number of anilines is 1. The largest absolute Gasteiger partial charge is 0.444 e. The number of aromatic nitrogens is 2. The van der Waals surface area contributed by atoms with Gasteiger partial charge in [-0.15, -0.1) is 0 Å². The predicted molar refractivity (Wildman–Crippen MR) is 75.1 cm³/mol. The molecule has 2 heterocycles. The molecule has 0 aromatic carbocycles. The van der Waals surface area contributed by atoms with E-state index in [0.717, 1.165) is 19.4 Å². The SMILES string of the molecule is CC(C)(C)OC(=O)N1CC2CC1CC2n1cc(N)cn1. The second kappa shape index (κ2) is 4.40. The Labute approximate surface area is 118 Å². The lowest BCUT2D eigenvalue weighted by Crippen LogP contribution is -2.43. The quantitative estimate of drug-likeness (QED) is 0.853. The highest BCUT2D eigenvalue weighted by molar-refractivity contribution is 5.69. The molecule has 6 nitrogen and oxygen atoms in total. The van der Waals surface area contributed by atoms with E-state index in [1.165, 1.54) is 0 Å². The third-order valence-corrected chi connectivity index (χ3v) is 4.09. The molecule has 0 radical (unpaired) electrons. The van der Waals surface area contributed by atoms with Crippen molar-refractivity contribution in [1.82, 2.24) is 14.7 Å². The van der Waals surface area contributed by atoms with Gasteiger partial charge in [0.25, 0.3) is 0 Å². The van der Waals surface area contributed by atoms with Crippen LogP contribution in [0.5, 0.6) is 0 Å². The van der Waals surface area contributed by atoms with Crippen LogP contribution in [0.25, 0.3) is 0 Å². The number of nitrogens with two attached hydrogens (primary N) is 1. The minimum atomic E-state index is -0.436. The number of nitrogen functional groups attached to an aromatic ring is 1. The second-order valence-electron chi connectivity index (χ2n) is 6.84. The van der Waals surface area contributed by atoms with Crippen LogP contribution in [0.2, 0.25) is 0 Å². The summed E-state index contributed by atoms with van der Waals surface area (Å²) in [5, 5.41) is 4.30. The van der Waals surface area contributed by atoms with E-state index in [0.29, 0.717) is 17.6 Å². The summed E-state index contributed by atoms with van der Waals surface area (Å²) >= 11 is 0. The van der Waals surface area contributed by atoms with Gasteiger partial charge in [0.2, 0.25) is 0 Å². The van der Waals surface area contributed by atoms with Crippen molar-refractivity contribution in [2.45, 2.75) is 51.3 Å². The molecule has 3 unspecified atom stereocenters. The number of hydrogen-bond donors (Lipinski definition) is 1. The van der Waals surface area contributed by atoms with Crippen molar-refractivity contribution < 1.29 is 9.53 Å². The van der Waals surface area contributed by atoms with Crippen LogP contribution in [0.1, 0.15) is 39.7 Å². The standard InChI is InChI=1S/C14H22N4O2/c1-14(2,3)20-13(19)17-7-9-4-11(17)5-12(9)18-8-10(15)6-16-18/h6,8-9,11-12H,4-5,7,15H2,1-3H3. The van der Waals surface area contributed by atoms with Crippen LogP contribution in [0.3, 0.4) is 0 Å². The summed E-state index contributed by atoms with van der Waals surface area (Å²) in [6, 6.07) is 0.626. The Morgan fingerprint density at radius 3 is 2.70 bits per heavy atom. The van der Waals surface area contributed by atoms with Crippen molar-refractivity contribution in [2.75, 3.05) is 12.3 Å². The van der Waals surface area contributed by atoms with E-state index in [-0.39, 0.29) is 12.1 Å². The predicted octanol–water partition coefficient (Wildman–Crippen LogP) is 2.04. The molecule has 2 fully saturated rings. The maximum absolute atomic E-state index is 12.2. The zero-order valence-corrected chi connectivity index (χ0v) is 12.2. The van der Waals surface area contributed by atoms with Crippen LogP contribution in [-0.4, -0.2) is 39.0 Å². The highest BCUT2D eigenvalue weighted by Crippen LogP contribution is 2.45. The van der Waals surface area contributed by atoms with Gasteiger partial charge in [0.15, 0.2) is 0 Å². The smallest absolute Gasteiger partial charge is 0.410 e. The molecule has 1 aromatic heterocycles. The number of carbonyl (C=O) groups is 1. The molecular formula is C14H22N4O2. The average molecular weight is 278 g/mol. The van der Waals surface area contributed by atoms with Crippen LogP contribution >= 0.6 is 0 Å². The Hall–Kier alpha value is -1.72. The zero-order chi connectivity index (χ0) is 14.5. The molecule has 1 saturated carbocycles. The molecule has 6 heteroatoms. The fraction of sp³-hybridized carbons (Fsp3) is 0.714. The molecule has 0 spiro atoms. The second-order valence-corrected chi connectivity index (χ2v) is 6.84. The molecule has 3 atom stereocenters. The summed E-state index contributed by atoms with van der Waals surface area (Å²) < 4.78 is 7.41. The molecule has 1 amide bonds. The Balaban J connectivity index is 1.66. The number of fused-ring (bicyclic) bond motifs is 2. The zero-order valence-electron chi connectivity index (χ0n) is 12.2. The molecule has 1 aliphatic heterocycles. The van der Waals surface area contributed by atoms with Gasteiger partial charge in [0.1, 0.15) is 5.60 Å². The van der Waals surface area contributed by atoms with Gasteiger partial charge in [-0.1, -0.05) is 0 Å². The number of hydrogen-bond acceptors (Lipinski definition) is 4. The Morgan fingerprint density at radius 2 is 2.20 bits per heavy atom. The molecule has 2 N–H and O–H groups in total. The lowest BCUT2D eigenvalue weighted by molar-refractivity contribution is 0.0162. The third-order valence-electron chi connectivity index (χ3n) is 4.09. The minimum absolute atomic E-state index is 0.191. The summed E-state index contributed by atoms with van der Waals surface area (Å²) in [6.07, 6.45) is 5.33. The highest BCUT2D eigenvalue weighted by Gasteiger charge is 2.48. The number of piperidine rings is 1. The van der Waals surface area contributed by atoms with E-state index in [2.05, 4.69) is 5.10 Å². The lowest BCUT2D eigenvalue weighted by Gasteiger charge is -2.33. The molecule has 2 aliphatic rings. The Morgan fingerprint density at radius 1 is 1.45 bits per heavy atom. The van der Waals surface area contributed by atoms with E-state index in [1.807, 2.05) is 36.5 Å². The van der Waals surface area contributed by atoms with Crippen molar-refractivity contribution in [1.29, 1.82) is 0 Å². The lowest BCUT2D eigenvalue weighted by atomic mass is 10.0. The van der Waals surface area contributed by atoms with E-state index in [4.69, 9.17) is 10.5 Å². The first-order valence-corrected chi connectivity index (χ1v) is 7.13. The molecule has 1 saturated heterocycles. The van der Waals surface area contributed by atoms with E-state index >= 15 is 0 Å². The average Bonchev–Trinajstić information content (AvgIpc) is 2.99. The maximum atomic E-state index is 12.2. The van der Waals surface area contributed by atoms with Gasteiger partial charge in [-0.25, -0.2) is 4.79 Å². The van der Waals surface area contributed by atoms with Gasteiger partial charge >= 0.3 is 6.09 Å². The van der Waals surface area contributed by atoms with Crippen LogP contribution in [-0.2, 0) is 4.74 Å². The fourth-order valence-corrected chi connectivity index (χ4v) is 3.33. The van der Waals surface area contributed by atoms with Crippen LogP contribution in [0, 0.1) is 5.92 Å². The van der Waals surface area contributed by atoms with Crippen molar-refractivity contribution in [3.8, 4) is 0 Å². The Bertz CT molecular complexity index is 519. The summed E-state index contributed by atoms with van der Waals surface area (Å²) in [4.78, 5) is 14.0. The molecule has 110 valence electrons. The van der Waals surface area contributed by atoms with E-state index in [9.17, 15) is 4.79 Å². The van der Waals surface area contributed by atoms with Crippen LogP contribution in [0.4, 0.5) is 10.5 Å². The van der Waals surface area contributed by atoms with Crippen molar-refractivity contribution in [2.24, 2.45) is 5.92 Å². The fourth-order valence-electron chi connectivity index (χ4n) is 3.33. The number of amides is 1. The normalized spacial score (nSPS) is 28.9. The molecule has 2 bridgehead atoms. The first-order chi connectivity index (χ1) is 9.33. The third kappa shape index (κ3) is 2.34. The summed E-state index contributed by atoms with van der Waals surface area (Å²) in [5.74, 6) is 0.451. The first kappa shape index (κ1) is 13.3. The summed E-state index contributed by atoms with van der Waals surface area (Å²) in [6.45, 7) is 6.45. The number of ether oxygens (including phenoxy) is 1. The topological polar surface area (TPSA) is 73.4 Å². The van der Waals surface area contributed by atoms with Crippen molar-refractivity contribution >= 4 is 11.8 Å². The minimum Gasteiger partial charge on any atom is -0.444 e. The Kier molecular flexibility index (Phi) is 2.92. The number of nitrogens with zero attached hydrogens (tertiary/aromatic N) is 3. The van der Waals surface area contributed by atoms with Crippen LogP contribution in [0.15, 0.2) is 12.4 Å². The van der Waals surface area contributed by atoms with Gasteiger partial charge in [-0.05, 0) is 33.6 Å². The van der Waals surface area contributed by atoms with Gasteiger partial charge < -0.3 is 15.4 Å². The van der Waals surface area contributed by atoms with Gasteiger partial charge in [-0.2, -0.15) is 5.10 Å². The molecule has 1 aromatic rings. The molecule has 20 heavy (non-hydrogen) atoms. The highest BCUT2D eigenvalue weighted by atomic mass is 16.6. The number of rotatable bonds is 1. The van der Waals surface area contributed by atoms with Gasteiger partial charge in [0.05, 0.1) is 17.9 Å². The van der Waals surface area contributed by atoms with Crippen molar-refractivity contribution in [3.05, 3.63) is 12.4 Å². The molecular weight excluding hydrogens is 256 g/mol. The first-order valence-electron chi connectivity index (χ1n) is 7.13. The molecule has 3 rings (SSSR count). The molecule has 1 aliphatic carbocycles. The summed E-state index contributed by atoms with van der Waals surface area (Å²) in [5.41, 5.74) is 5.98.